The highest BCUT2D eigenvalue weighted by molar-refractivity contribution is 5.00. The van der Waals surface area contributed by atoms with E-state index in [9.17, 15) is 0 Å². The van der Waals surface area contributed by atoms with Crippen LogP contribution in [0.15, 0.2) is 0 Å². The molecular weight excluding hydrogens is 186 g/mol. The molecule has 1 aliphatic carbocycles. The summed E-state index contributed by atoms with van der Waals surface area (Å²) in [5, 5.41) is 7.12. The fourth-order valence-electron chi connectivity index (χ4n) is 2.18. The Bertz CT molecular complexity index is 215. The second kappa shape index (κ2) is 4.04. The maximum Gasteiger partial charge on any atom is 0.0278 e. The lowest BCUT2D eigenvalue weighted by Gasteiger charge is -2.42. The van der Waals surface area contributed by atoms with Gasteiger partial charge in [-0.15, -0.1) is 0 Å². The predicted molar refractivity (Wildman–Crippen MR) is 64.2 cm³/mol. The summed E-state index contributed by atoms with van der Waals surface area (Å²) in [6.45, 7) is 12.8. The summed E-state index contributed by atoms with van der Waals surface area (Å²) < 4.78 is 0. The molecule has 1 saturated heterocycles. The smallest absolute Gasteiger partial charge is 0.0278 e. The van der Waals surface area contributed by atoms with Crippen LogP contribution in [0.2, 0.25) is 0 Å². The highest BCUT2D eigenvalue weighted by Crippen LogP contribution is 2.34. The average molecular weight is 211 g/mol. The molecule has 15 heavy (non-hydrogen) atoms. The van der Waals surface area contributed by atoms with Crippen LogP contribution in [0, 0.1) is 0 Å². The van der Waals surface area contributed by atoms with Crippen molar-refractivity contribution in [3.05, 3.63) is 0 Å². The molecular formula is C12H25N3. The van der Waals surface area contributed by atoms with Gasteiger partial charge >= 0.3 is 0 Å². The number of piperazine rings is 1. The third-order valence-electron chi connectivity index (χ3n) is 3.92. The molecule has 0 aromatic carbocycles. The molecule has 3 nitrogen and oxygen atoms in total. The van der Waals surface area contributed by atoms with Crippen molar-refractivity contribution in [3.8, 4) is 0 Å². The van der Waals surface area contributed by atoms with Gasteiger partial charge in [0.1, 0.15) is 0 Å². The maximum absolute atomic E-state index is 3.71. The Kier molecular flexibility index (Phi) is 3.06. The first-order valence-corrected chi connectivity index (χ1v) is 6.23. The summed E-state index contributed by atoms with van der Waals surface area (Å²) in [7, 11) is 0. The van der Waals surface area contributed by atoms with Crippen molar-refractivity contribution in [1.29, 1.82) is 0 Å². The molecule has 3 heteroatoms. The topological polar surface area (TPSA) is 27.3 Å². The van der Waals surface area contributed by atoms with Crippen LogP contribution in [0.1, 0.15) is 33.6 Å². The van der Waals surface area contributed by atoms with Crippen molar-refractivity contribution in [2.75, 3.05) is 32.7 Å². The SMILES string of the molecule is CC1(NCC(C)(C)N2CCNCC2)CC1. The number of hydrogen-bond acceptors (Lipinski definition) is 3. The molecule has 0 atom stereocenters. The van der Waals surface area contributed by atoms with E-state index < -0.39 is 0 Å². The van der Waals surface area contributed by atoms with E-state index in [0.717, 1.165) is 19.6 Å². The van der Waals surface area contributed by atoms with Gasteiger partial charge in [0.2, 0.25) is 0 Å². The summed E-state index contributed by atoms with van der Waals surface area (Å²) in [6, 6.07) is 0. The predicted octanol–water partition coefficient (Wildman–Crippen LogP) is 0.812. The van der Waals surface area contributed by atoms with E-state index in [1.54, 1.807) is 0 Å². The van der Waals surface area contributed by atoms with Crippen molar-refractivity contribution in [2.45, 2.75) is 44.7 Å². The molecule has 0 aromatic rings. The van der Waals surface area contributed by atoms with E-state index in [2.05, 4.69) is 36.3 Å². The Morgan fingerprint density at radius 2 is 1.87 bits per heavy atom. The van der Waals surface area contributed by atoms with Crippen LogP contribution in [0.3, 0.4) is 0 Å². The van der Waals surface area contributed by atoms with Gasteiger partial charge in [-0.3, -0.25) is 4.90 Å². The van der Waals surface area contributed by atoms with Gasteiger partial charge in [-0.1, -0.05) is 0 Å². The summed E-state index contributed by atoms with van der Waals surface area (Å²) in [5.74, 6) is 0. The monoisotopic (exact) mass is 211 g/mol. The third-order valence-corrected chi connectivity index (χ3v) is 3.92. The molecule has 0 unspecified atom stereocenters. The van der Waals surface area contributed by atoms with Crippen molar-refractivity contribution < 1.29 is 0 Å². The van der Waals surface area contributed by atoms with E-state index in [1.807, 2.05) is 0 Å². The Hall–Kier alpha value is -0.120. The van der Waals surface area contributed by atoms with Gasteiger partial charge in [0.25, 0.3) is 0 Å². The second-order valence-corrected chi connectivity index (χ2v) is 5.96. The van der Waals surface area contributed by atoms with Crippen LogP contribution in [0.4, 0.5) is 0 Å². The van der Waals surface area contributed by atoms with E-state index in [1.165, 1.54) is 25.9 Å². The van der Waals surface area contributed by atoms with Crippen LogP contribution in [-0.2, 0) is 0 Å². The van der Waals surface area contributed by atoms with Gasteiger partial charge in [-0.25, -0.2) is 0 Å². The Balaban J connectivity index is 1.81. The first kappa shape index (κ1) is 11.4. The summed E-state index contributed by atoms with van der Waals surface area (Å²) in [5.41, 5.74) is 0.763. The van der Waals surface area contributed by atoms with Gasteiger partial charge in [0.05, 0.1) is 0 Å². The molecule has 1 saturated carbocycles. The highest BCUT2D eigenvalue weighted by Gasteiger charge is 2.39. The molecule has 0 spiro atoms. The molecule has 2 aliphatic rings. The standard InChI is InChI=1S/C12H25N3/c1-11(2,10-14-12(3)4-5-12)15-8-6-13-7-9-15/h13-14H,4-10H2,1-3H3. The first-order chi connectivity index (χ1) is 7.02. The van der Waals surface area contributed by atoms with Crippen molar-refractivity contribution in [2.24, 2.45) is 0 Å². The highest BCUT2D eigenvalue weighted by atomic mass is 15.3. The fraction of sp³-hybridized carbons (Fsp3) is 1.00. The van der Waals surface area contributed by atoms with Gasteiger partial charge in [-0.05, 0) is 33.6 Å². The molecule has 2 fully saturated rings. The van der Waals surface area contributed by atoms with E-state index in [0.29, 0.717) is 11.1 Å². The van der Waals surface area contributed by atoms with E-state index >= 15 is 0 Å². The lowest BCUT2D eigenvalue weighted by molar-refractivity contribution is 0.0990. The molecule has 0 bridgehead atoms. The van der Waals surface area contributed by atoms with Gasteiger partial charge in [0, 0.05) is 43.8 Å². The summed E-state index contributed by atoms with van der Waals surface area (Å²) in [6.07, 6.45) is 2.70. The molecule has 0 amide bonds. The number of hydrogen-bond donors (Lipinski definition) is 2. The minimum atomic E-state index is 0.299. The first-order valence-electron chi connectivity index (χ1n) is 6.23. The zero-order valence-electron chi connectivity index (χ0n) is 10.4. The molecule has 88 valence electrons. The Morgan fingerprint density at radius 1 is 1.27 bits per heavy atom. The van der Waals surface area contributed by atoms with Crippen molar-refractivity contribution in [1.82, 2.24) is 15.5 Å². The lowest BCUT2D eigenvalue weighted by atomic mass is 10.0. The fourth-order valence-corrected chi connectivity index (χ4v) is 2.18. The summed E-state index contributed by atoms with van der Waals surface area (Å²) >= 11 is 0. The Morgan fingerprint density at radius 3 is 2.40 bits per heavy atom. The van der Waals surface area contributed by atoms with Crippen LogP contribution in [-0.4, -0.2) is 48.7 Å². The number of nitrogens with zero attached hydrogens (tertiary/aromatic N) is 1. The molecule has 2 rings (SSSR count). The average Bonchev–Trinajstić information content (AvgIpc) is 2.96. The Labute approximate surface area is 93.6 Å². The summed E-state index contributed by atoms with van der Waals surface area (Å²) in [4.78, 5) is 2.60. The molecule has 0 aromatic heterocycles. The molecule has 0 radical (unpaired) electrons. The second-order valence-electron chi connectivity index (χ2n) is 5.96. The van der Waals surface area contributed by atoms with Gasteiger partial charge in [-0.2, -0.15) is 0 Å². The van der Waals surface area contributed by atoms with Crippen LogP contribution < -0.4 is 10.6 Å². The number of rotatable bonds is 4. The van der Waals surface area contributed by atoms with Gasteiger partial charge in [0.15, 0.2) is 0 Å². The number of nitrogens with one attached hydrogen (secondary N) is 2. The minimum absolute atomic E-state index is 0.299. The third kappa shape index (κ3) is 2.92. The zero-order chi connectivity index (χ0) is 10.9. The molecule has 1 aliphatic heterocycles. The maximum atomic E-state index is 3.71. The van der Waals surface area contributed by atoms with Crippen molar-refractivity contribution in [3.63, 3.8) is 0 Å². The minimum Gasteiger partial charge on any atom is -0.314 e. The van der Waals surface area contributed by atoms with Crippen molar-refractivity contribution >= 4 is 0 Å². The zero-order valence-corrected chi connectivity index (χ0v) is 10.4. The normalized spacial score (nSPS) is 26.6. The van der Waals surface area contributed by atoms with Crippen LogP contribution in [0.25, 0.3) is 0 Å². The van der Waals surface area contributed by atoms with Gasteiger partial charge < -0.3 is 10.6 Å². The molecule has 2 N–H and O–H groups in total. The molecule has 1 heterocycles. The van der Waals surface area contributed by atoms with Crippen LogP contribution in [0.5, 0.6) is 0 Å². The quantitative estimate of drug-likeness (QED) is 0.721. The van der Waals surface area contributed by atoms with Crippen LogP contribution >= 0.6 is 0 Å². The van der Waals surface area contributed by atoms with E-state index in [4.69, 9.17) is 0 Å². The largest absolute Gasteiger partial charge is 0.314 e. The van der Waals surface area contributed by atoms with E-state index in [-0.39, 0.29) is 0 Å². The lowest BCUT2D eigenvalue weighted by Crippen LogP contribution is -2.58.